The maximum Gasteiger partial charge on any atom is 0.269 e. The van der Waals surface area contributed by atoms with Gasteiger partial charge in [-0.3, -0.25) is 10.1 Å². The molecule has 14 heavy (non-hydrogen) atoms. The van der Waals surface area contributed by atoms with E-state index in [2.05, 4.69) is 12.2 Å². The summed E-state index contributed by atoms with van der Waals surface area (Å²) in [7, 11) is 0. The van der Waals surface area contributed by atoms with Crippen LogP contribution in [0.25, 0.3) is 0 Å². The van der Waals surface area contributed by atoms with Crippen molar-refractivity contribution in [2.75, 3.05) is 6.54 Å². The van der Waals surface area contributed by atoms with E-state index in [4.69, 9.17) is 0 Å². The number of hydrogen-bond acceptors (Lipinski definition) is 3. The molecule has 74 valence electrons. The van der Waals surface area contributed by atoms with Gasteiger partial charge in [0.25, 0.3) is 5.69 Å². The SMILES string of the molecule is C[C@H]1NCCc2cc([N+](=O)[O-])ccc21. The molecule has 1 aliphatic rings. The average molecular weight is 192 g/mol. The maximum atomic E-state index is 10.6. The van der Waals surface area contributed by atoms with E-state index in [0.717, 1.165) is 18.5 Å². The maximum absolute atomic E-state index is 10.6. The van der Waals surface area contributed by atoms with Gasteiger partial charge in [0.2, 0.25) is 0 Å². The van der Waals surface area contributed by atoms with Gasteiger partial charge in [-0.05, 0) is 31.0 Å². The molecule has 1 aromatic carbocycles. The molecule has 1 N–H and O–H groups in total. The zero-order valence-corrected chi connectivity index (χ0v) is 7.99. The van der Waals surface area contributed by atoms with E-state index in [0.29, 0.717) is 6.04 Å². The average Bonchev–Trinajstić information content (AvgIpc) is 2.17. The van der Waals surface area contributed by atoms with E-state index in [-0.39, 0.29) is 10.6 Å². The van der Waals surface area contributed by atoms with Crippen LogP contribution in [0.1, 0.15) is 24.1 Å². The van der Waals surface area contributed by atoms with Crippen LogP contribution in [0.5, 0.6) is 0 Å². The Hall–Kier alpha value is -1.42. The number of nitrogens with one attached hydrogen (secondary N) is 1. The molecule has 0 radical (unpaired) electrons. The first-order chi connectivity index (χ1) is 6.68. The number of hydrogen-bond donors (Lipinski definition) is 1. The summed E-state index contributed by atoms with van der Waals surface area (Å²) in [5, 5.41) is 13.9. The van der Waals surface area contributed by atoms with Gasteiger partial charge in [-0.15, -0.1) is 0 Å². The molecule has 0 saturated carbocycles. The highest BCUT2D eigenvalue weighted by Crippen LogP contribution is 2.25. The minimum absolute atomic E-state index is 0.192. The zero-order valence-electron chi connectivity index (χ0n) is 7.99. The highest BCUT2D eigenvalue weighted by Gasteiger charge is 2.18. The Kier molecular flexibility index (Phi) is 2.21. The molecule has 0 fully saturated rings. The van der Waals surface area contributed by atoms with Crippen LogP contribution in [0.2, 0.25) is 0 Å². The molecular formula is C10H12N2O2. The second-order valence-corrected chi connectivity index (χ2v) is 3.57. The van der Waals surface area contributed by atoms with E-state index in [1.807, 2.05) is 6.07 Å². The van der Waals surface area contributed by atoms with E-state index in [9.17, 15) is 10.1 Å². The smallest absolute Gasteiger partial charge is 0.269 e. The Morgan fingerprint density at radius 2 is 2.36 bits per heavy atom. The van der Waals surface area contributed by atoms with Crippen LogP contribution >= 0.6 is 0 Å². The summed E-state index contributed by atoms with van der Waals surface area (Å²) in [5.74, 6) is 0. The molecule has 2 rings (SSSR count). The molecule has 0 amide bonds. The molecule has 0 spiro atoms. The number of nitro groups is 1. The van der Waals surface area contributed by atoms with Gasteiger partial charge in [-0.1, -0.05) is 6.07 Å². The normalized spacial score (nSPS) is 20.2. The molecule has 1 heterocycles. The third kappa shape index (κ3) is 1.48. The predicted octanol–water partition coefficient (Wildman–Crippen LogP) is 1.80. The monoisotopic (exact) mass is 192 g/mol. The Morgan fingerprint density at radius 3 is 3.07 bits per heavy atom. The van der Waals surface area contributed by atoms with Crippen LogP contribution in [0.4, 0.5) is 5.69 Å². The third-order valence-corrected chi connectivity index (χ3v) is 2.65. The fraction of sp³-hybridized carbons (Fsp3) is 0.400. The van der Waals surface area contributed by atoms with Crippen molar-refractivity contribution >= 4 is 5.69 Å². The third-order valence-electron chi connectivity index (χ3n) is 2.65. The molecule has 4 heteroatoms. The lowest BCUT2D eigenvalue weighted by Gasteiger charge is -2.23. The number of non-ortho nitro benzene ring substituents is 1. The summed E-state index contributed by atoms with van der Waals surface area (Å²) in [6, 6.07) is 5.42. The fourth-order valence-electron chi connectivity index (χ4n) is 1.88. The quantitative estimate of drug-likeness (QED) is 0.545. The van der Waals surface area contributed by atoms with Crippen LogP contribution in [0.15, 0.2) is 18.2 Å². The van der Waals surface area contributed by atoms with E-state index >= 15 is 0 Å². The Bertz CT molecular complexity index is 376. The lowest BCUT2D eigenvalue weighted by molar-refractivity contribution is -0.384. The minimum Gasteiger partial charge on any atom is -0.310 e. The second kappa shape index (κ2) is 3.38. The Balaban J connectivity index is 2.44. The van der Waals surface area contributed by atoms with Gasteiger partial charge in [0.1, 0.15) is 0 Å². The fourth-order valence-corrected chi connectivity index (χ4v) is 1.88. The van der Waals surface area contributed by atoms with Crippen molar-refractivity contribution in [2.45, 2.75) is 19.4 Å². The first kappa shape index (κ1) is 9.15. The van der Waals surface area contributed by atoms with Crippen molar-refractivity contribution in [1.29, 1.82) is 0 Å². The van der Waals surface area contributed by atoms with E-state index in [1.165, 1.54) is 5.56 Å². The molecule has 0 bridgehead atoms. The molecule has 1 atom stereocenters. The van der Waals surface area contributed by atoms with Crippen molar-refractivity contribution in [2.24, 2.45) is 0 Å². The largest absolute Gasteiger partial charge is 0.310 e. The highest BCUT2D eigenvalue weighted by atomic mass is 16.6. The van der Waals surface area contributed by atoms with Crippen LogP contribution in [0, 0.1) is 10.1 Å². The van der Waals surface area contributed by atoms with Crippen molar-refractivity contribution < 1.29 is 4.92 Å². The van der Waals surface area contributed by atoms with Crippen LogP contribution < -0.4 is 5.32 Å². The number of rotatable bonds is 1. The summed E-state index contributed by atoms with van der Waals surface area (Å²) in [5.41, 5.74) is 2.48. The van der Waals surface area contributed by atoms with Crippen molar-refractivity contribution in [3.8, 4) is 0 Å². The van der Waals surface area contributed by atoms with Crippen molar-refractivity contribution in [3.63, 3.8) is 0 Å². The molecule has 0 aromatic heterocycles. The van der Waals surface area contributed by atoms with Gasteiger partial charge >= 0.3 is 0 Å². The standard InChI is InChI=1S/C10H12N2O2/c1-7-10-3-2-9(12(13)14)6-8(10)4-5-11-7/h2-3,6-7,11H,4-5H2,1H3/t7-/m1/s1. The summed E-state index contributed by atoms with van der Waals surface area (Å²) in [6.45, 7) is 2.97. The predicted molar refractivity (Wildman–Crippen MR) is 53.2 cm³/mol. The van der Waals surface area contributed by atoms with Crippen molar-refractivity contribution in [3.05, 3.63) is 39.4 Å². The molecule has 0 aliphatic carbocycles. The van der Waals surface area contributed by atoms with Gasteiger partial charge in [0.15, 0.2) is 0 Å². The van der Waals surface area contributed by atoms with Crippen LogP contribution in [0.3, 0.4) is 0 Å². The summed E-state index contributed by atoms with van der Waals surface area (Å²) < 4.78 is 0. The second-order valence-electron chi connectivity index (χ2n) is 3.57. The first-order valence-corrected chi connectivity index (χ1v) is 4.69. The molecule has 0 saturated heterocycles. The van der Waals surface area contributed by atoms with E-state index in [1.54, 1.807) is 12.1 Å². The van der Waals surface area contributed by atoms with Gasteiger partial charge in [-0.25, -0.2) is 0 Å². The number of nitrogens with zero attached hydrogens (tertiary/aromatic N) is 1. The lowest BCUT2D eigenvalue weighted by Crippen LogP contribution is -2.27. The summed E-state index contributed by atoms with van der Waals surface area (Å²) in [4.78, 5) is 10.2. The number of nitro benzene ring substituents is 1. The van der Waals surface area contributed by atoms with E-state index < -0.39 is 0 Å². The topological polar surface area (TPSA) is 55.2 Å². The zero-order chi connectivity index (χ0) is 10.1. The molecule has 0 unspecified atom stereocenters. The number of fused-ring (bicyclic) bond motifs is 1. The van der Waals surface area contributed by atoms with Gasteiger partial charge in [-0.2, -0.15) is 0 Å². The first-order valence-electron chi connectivity index (χ1n) is 4.69. The van der Waals surface area contributed by atoms with Gasteiger partial charge in [0.05, 0.1) is 4.92 Å². The minimum atomic E-state index is -0.340. The van der Waals surface area contributed by atoms with Crippen LogP contribution in [-0.4, -0.2) is 11.5 Å². The number of benzene rings is 1. The van der Waals surface area contributed by atoms with Gasteiger partial charge < -0.3 is 5.32 Å². The lowest BCUT2D eigenvalue weighted by atomic mass is 9.95. The highest BCUT2D eigenvalue weighted by molar-refractivity contribution is 5.42. The van der Waals surface area contributed by atoms with Crippen molar-refractivity contribution in [1.82, 2.24) is 5.32 Å². The summed E-state index contributed by atoms with van der Waals surface area (Å²) >= 11 is 0. The van der Waals surface area contributed by atoms with Crippen LogP contribution in [-0.2, 0) is 6.42 Å². The molecular weight excluding hydrogens is 180 g/mol. The Labute approximate surface area is 82.1 Å². The molecule has 1 aromatic rings. The molecule has 1 aliphatic heterocycles. The van der Waals surface area contributed by atoms with Gasteiger partial charge in [0, 0.05) is 18.2 Å². The Morgan fingerprint density at radius 1 is 1.57 bits per heavy atom. The summed E-state index contributed by atoms with van der Waals surface area (Å²) in [6.07, 6.45) is 0.876. The molecule has 4 nitrogen and oxygen atoms in total.